The van der Waals surface area contributed by atoms with E-state index >= 15 is 0 Å². The molecule has 0 radical (unpaired) electrons. The van der Waals surface area contributed by atoms with Crippen LogP contribution < -0.4 is 10.1 Å². The fraction of sp³-hybridized carbons (Fsp3) is 0.429. The molecule has 0 spiro atoms. The van der Waals surface area contributed by atoms with Gasteiger partial charge in [-0.2, -0.15) is 5.26 Å². The molecule has 1 fully saturated rings. The van der Waals surface area contributed by atoms with Crippen molar-refractivity contribution in [3.05, 3.63) is 29.8 Å². The number of amides is 1. The molecule has 2 rings (SSSR count). The highest BCUT2D eigenvalue weighted by Crippen LogP contribution is 2.12. The summed E-state index contributed by atoms with van der Waals surface area (Å²) in [5, 5.41) is 11.6. The topological polar surface area (TPSA) is 79.2 Å². The van der Waals surface area contributed by atoms with E-state index < -0.39 is 10.8 Å². The van der Waals surface area contributed by atoms with Crippen molar-refractivity contribution in [3.63, 3.8) is 0 Å². The maximum Gasteiger partial charge on any atom is 0.258 e. The maximum atomic E-state index is 11.7. The Kier molecular flexibility index (Phi) is 5.13. The van der Waals surface area contributed by atoms with Crippen molar-refractivity contribution in [2.24, 2.45) is 0 Å². The first kappa shape index (κ1) is 14.5. The lowest BCUT2D eigenvalue weighted by Crippen LogP contribution is -2.41. The van der Waals surface area contributed by atoms with Crippen molar-refractivity contribution in [3.8, 4) is 11.8 Å². The van der Waals surface area contributed by atoms with Crippen molar-refractivity contribution in [2.75, 3.05) is 18.1 Å². The molecule has 1 aliphatic heterocycles. The summed E-state index contributed by atoms with van der Waals surface area (Å²) >= 11 is 0. The molecule has 1 aromatic carbocycles. The minimum atomic E-state index is -0.721. The molecule has 0 unspecified atom stereocenters. The van der Waals surface area contributed by atoms with Gasteiger partial charge >= 0.3 is 0 Å². The quantitative estimate of drug-likeness (QED) is 0.896. The Morgan fingerprint density at radius 1 is 1.35 bits per heavy atom. The van der Waals surface area contributed by atoms with Crippen LogP contribution in [0, 0.1) is 11.3 Å². The predicted octanol–water partition coefficient (Wildman–Crippen LogP) is 0.964. The summed E-state index contributed by atoms with van der Waals surface area (Å²) in [5.41, 5.74) is 0.553. The fourth-order valence-corrected chi connectivity index (χ4v) is 3.28. The molecule has 0 bridgehead atoms. The number of nitriles is 1. The van der Waals surface area contributed by atoms with Crippen LogP contribution in [0.3, 0.4) is 0 Å². The number of rotatable bonds is 4. The molecule has 1 N–H and O–H groups in total. The summed E-state index contributed by atoms with van der Waals surface area (Å²) < 4.78 is 16.6. The largest absolute Gasteiger partial charge is 0.484 e. The Labute approximate surface area is 120 Å². The second kappa shape index (κ2) is 7.06. The van der Waals surface area contributed by atoms with E-state index in [0.29, 0.717) is 22.8 Å². The van der Waals surface area contributed by atoms with Gasteiger partial charge < -0.3 is 10.1 Å². The third kappa shape index (κ3) is 4.35. The minimum absolute atomic E-state index is 0.0501. The number of ether oxygens (including phenoxy) is 1. The van der Waals surface area contributed by atoms with Gasteiger partial charge in [0.1, 0.15) is 5.75 Å². The van der Waals surface area contributed by atoms with Gasteiger partial charge in [0.2, 0.25) is 0 Å². The van der Waals surface area contributed by atoms with E-state index in [1.54, 1.807) is 24.3 Å². The van der Waals surface area contributed by atoms with Gasteiger partial charge in [-0.3, -0.25) is 9.00 Å². The highest BCUT2D eigenvalue weighted by atomic mass is 32.2. The second-order valence-corrected chi connectivity index (χ2v) is 6.31. The van der Waals surface area contributed by atoms with Gasteiger partial charge in [0.05, 0.1) is 11.6 Å². The normalized spacial score (nSPS) is 21.8. The van der Waals surface area contributed by atoms with Crippen molar-refractivity contribution >= 4 is 16.7 Å². The van der Waals surface area contributed by atoms with Crippen molar-refractivity contribution in [2.45, 2.75) is 18.9 Å². The van der Waals surface area contributed by atoms with Gasteiger partial charge in [0, 0.05) is 28.3 Å². The zero-order chi connectivity index (χ0) is 14.4. The second-order valence-electron chi connectivity index (χ2n) is 4.61. The molecule has 0 saturated carbocycles. The number of nitrogens with zero attached hydrogens (tertiary/aromatic N) is 1. The Balaban J connectivity index is 1.74. The first-order valence-electron chi connectivity index (χ1n) is 6.44. The van der Waals surface area contributed by atoms with Crippen LogP contribution in [0.25, 0.3) is 0 Å². The Bertz CT molecular complexity index is 526. The summed E-state index contributed by atoms with van der Waals surface area (Å²) in [6.07, 6.45) is 1.52. The average Bonchev–Trinajstić information content (AvgIpc) is 2.48. The van der Waals surface area contributed by atoms with Gasteiger partial charge in [-0.15, -0.1) is 0 Å². The molecule has 0 aromatic heterocycles. The smallest absolute Gasteiger partial charge is 0.258 e. The number of hydrogen-bond acceptors (Lipinski definition) is 4. The van der Waals surface area contributed by atoms with Crippen molar-refractivity contribution in [1.82, 2.24) is 5.32 Å². The standard InChI is InChI=1S/C14H16N2O3S/c15-9-11-1-3-13(4-2-11)19-10-14(17)16-12-5-7-20(18)8-6-12/h1-4,12H,5-8,10H2,(H,16,17). The fourth-order valence-electron chi connectivity index (χ4n) is 1.98. The molecule has 6 heteroatoms. The van der Waals surface area contributed by atoms with Gasteiger partial charge in [-0.05, 0) is 37.1 Å². The summed E-state index contributed by atoms with van der Waals surface area (Å²) in [4.78, 5) is 11.7. The molecule has 1 aliphatic rings. The summed E-state index contributed by atoms with van der Waals surface area (Å²) in [5.74, 6) is 1.69. The van der Waals surface area contributed by atoms with E-state index in [0.717, 1.165) is 12.8 Å². The zero-order valence-corrected chi connectivity index (χ0v) is 11.8. The number of carbonyl (C=O) groups excluding carboxylic acids is 1. The molecule has 5 nitrogen and oxygen atoms in total. The van der Waals surface area contributed by atoms with Crippen LogP contribution in [-0.4, -0.2) is 34.3 Å². The molecule has 1 heterocycles. The van der Waals surface area contributed by atoms with E-state index in [-0.39, 0.29) is 18.6 Å². The average molecular weight is 292 g/mol. The lowest BCUT2D eigenvalue weighted by atomic mass is 10.1. The van der Waals surface area contributed by atoms with E-state index in [2.05, 4.69) is 5.32 Å². The van der Waals surface area contributed by atoms with E-state index in [9.17, 15) is 9.00 Å². The van der Waals surface area contributed by atoms with E-state index in [1.165, 1.54) is 0 Å². The number of carbonyl (C=O) groups is 1. The monoisotopic (exact) mass is 292 g/mol. The molecular formula is C14H16N2O3S. The van der Waals surface area contributed by atoms with Crippen LogP contribution in [0.15, 0.2) is 24.3 Å². The van der Waals surface area contributed by atoms with Gasteiger partial charge in [-0.25, -0.2) is 0 Å². The maximum absolute atomic E-state index is 11.7. The van der Waals surface area contributed by atoms with E-state index in [4.69, 9.17) is 10.00 Å². The van der Waals surface area contributed by atoms with Crippen molar-refractivity contribution < 1.29 is 13.7 Å². The van der Waals surface area contributed by atoms with Crippen LogP contribution in [0.4, 0.5) is 0 Å². The SMILES string of the molecule is N#Cc1ccc(OCC(=O)NC2CCS(=O)CC2)cc1. The zero-order valence-electron chi connectivity index (χ0n) is 11.0. The number of hydrogen-bond donors (Lipinski definition) is 1. The molecule has 1 amide bonds. The molecule has 0 aliphatic carbocycles. The molecule has 1 saturated heterocycles. The van der Waals surface area contributed by atoms with Crippen LogP contribution in [0.1, 0.15) is 18.4 Å². The summed E-state index contributed by atoms with van der Waals surface area (Å²) in [7, 11) is -0.721. The van der Waals surface area contributed by atoms with Crippen LogP contribution in [0.2, 0.25) is 0 Å². The first-order chi connectivity index (χ1) is 9.67. The van der Waals surface area contributed by atoms with Crippen LogP contribution >= 0.6 is 0 Å². The lowest BCUT2D eigenvalue weighted by Gasteiger charge is -2.22. The Hall–Kier alpha value is -1.87. The van der Waals surface area contributed by atoms with Gasteiger partial charge in [0.15, 0.2) is 6.61 Å². The lowest BCUT2D eigenvalue weighted by molar-refractivity contribution is -0.123. The highest BCUT2D eigenvalue weighted by Gasteiger charge is 2.19. The van der Waals surface area contributed by atoms with E-state index in [1.807, 2.05) is 6.07 Å². The van der Waals surface area contributed by atoms with Gasteiger partial charge in [-0.1, -0.05) is 0 Å². The molecular weight excluding hydrogens is 276 g/mol. The Morgan fingerprint density at radius 3 is 2.60 bits per heavy atom. The third-order valence-corrected chi connectivity index (χ3v) is 4.49. The summed E-state index contributed by atoms with van der Waals surface area (Å²) in [6, 6.07) is 8.73. The molecule has 106 valence electrons. The van der Waals surface area contributed by atoms with Crippen LogP contribution in [-0.2, 0) is 15.6 Å². The number of benzene rings is 1. The van der Waals surface area contributed by atoms with Crippen LogP contribution in [0.5, 0.6) is 5.75 Å². The summed E-state index contributed by atoms with van der Waals surface area (Å²) in [6.45, 7) is -0.0501. The molecule has 0 atom stereocenters. The van der Waals surface area contributed by atoms with Crippen molar-refractivity contribution in [1.29, 1.82) is 5.26 Å². The highest BCUT2D eigenvalue weighted by molar-refractivity contribution is 7.85. The number of nitrogens with one attached hydrogen (secondary N) is 1. The van der Waals surface area contributed by atoms with Gasteiger partial charge in [0.25, 0.3) is 5.91 Å². The molecule has 20 heavy (non-hydrogen) atoms. The first-order valence-corrected chi connectivity index (χ1v) is 7.93. The third-order valence-electron chi connectivity index (χ3n) is 3.11. The predicted molar refractivity (Wildman–Crippen MR) is 75.7 cm³/mol. The molecule has 1 aromatic rings. The minimum Gasteiger partial charge on any atom is -0.484 e. The Morgan fingerprint density at radius 2 is 2.00 bits per heavy atom.